The molecule has 7 heteroatoms. The van der Waals surface area contributed by atoms with E-state index in [1.54, 1.807) is 48.5 Å². The van der Waals surface area contributed by atoms with Crippen molar-refractivity contribution in [2.24, 2.45) is 5.92 Å². The predicted molar refractivity (Wildman–Crippen MR) is 112 cm³/mol. The highest BCUT2D eigenvalue weighted by atomic mass is 16.5. The highest BCUT2D eigenvalue weighted by Crippen LogP contribution is 2.18. The Bertz CT molecular complexity index is 880. The Morgan fingerprint density at radius 2 is 1.72 bits per heavy atom. The highest BCUT2D eigenvalue weighted by molar-refractivity contribution is 6.03. The molecule has 1 atom stereocenters. The average molecular weight is 397 g/mol. The Morgan fingerprint density at radius 3 is 2.38 bits per heavy atom. The van der Waals surface area contributed by atoms with Gasteiger partial charge in [-0.05, 0) is 43.2 Å². The lowest BCUT2D eigenvalue weighted by Gasteiger charge is -2.22. The third-order valence-corrected chi connectivity index (χ3v) is 4.32. The summed E-state index contributed by atoms with van der Waals surface area (Å²) in [4.78, 5) is 37.5. The number of ether oxygens (including phenoxy) is 1. The van der Waals surface area contributed by atoms with Gasteiger partial charge in [-0.15, -0.1) is 0 Å². The van der Waals surface area contributed by atoms with Crippen molar-refractivity contribution < 1.29 is 19.1 Å². The molecule has 2 aromatic carbocycles. The van der Waals surface area contributed by atoms with Crippen molar-refractivity contribution in [2.75, 3.05) is 19.0 Å². The van der Waals surface area contributed by atoms with Gasteiger partial charge in [0, 0.05) is 17.8 Å². The molecule has 0 radical (unpaired) electrons. The van der Waals surface area contributed by atoms with Crippen LogP contribution in [-0.2, 0) is 4.79 Å². The number of para-hydroxylation sites is 1. The van der Waals surface area contributed by atoms with E-state index in [-0.39, 0.29) is 17.7 Å². The van der Waals surface area contributed by atoms with Crippen molar-refractivity contribution >= 4 is 23.4 Å². The fourth-order valence-electron chi connectivity index (χ4n) is 2.81. The summed E-state index contributed by atoms with van der Waals surface area (Å²) >= 11 is 0. The number of nitrogens with one attached hydrogen (secondary N) is 3. The molecule has 3 N–H and O–H groups in total. The van der Waals surface area contributed by atoms with E-state index in [1.807, 2.05) is 20.8 Å². The first-order valence-corrected chi connectivity index (χ1v) is 9.50. The molecule has 0 aromatic heterocycles. The third kappa shape index (κ3) is 5.81. The number of carbonyl (C=O) groups excluding carboxylic acids is 3. The number of hydrogen-bond donors (Lipinski definition) is 3. The second-order valence-corrected chi connectivity index (χ2v) is 6.82. The first kappa shape index (κ1) is 21.9. The number of anilines is 1. The maximum Gasteiger partial charge on any atom is 0.255 e. The summed E-state index contributed by atoms with van der Waals surface area (Å²) < 4.78 is 5.22. The van der Waals surface area contributed by atoms with E-state index in [9.17, 15) is 14.4 Å². The van der Waals surface area contributed by atoms with Crippen LogP contribution in [0, 0.1) is 5.92 Å². The zero-order valence-electron chi connectivity index (χ0n) is 17.1. The molecule has 0 bridgehead atoms. The van der Waals surface area contributed by atoms with Crippen LogP contribution in [-0.4, -0.2) is 37.4 Å². The molecular formula is C22H27N3O4. The van der Waals surface area contributed by atoms with Gasteiger partial charge >= 0.3 is 0 Å². The number of benzene rings is 2. The Hall–Kier alpha value is -3.35. The van der Waals surface area contributed by atoms with Crippen LogP contribution in [0.3, 0.4) is 0 Å². The SMILES string of the molecule is CCNC(=O)c1cccc(NC(=O)[C@@H](NC(=O)c2ccccc2OC)C(C)C)c1. The van der Waals surface area contributed by atoms with Gasteiger partial charge in [-0.1, -0.05) is 32.0 Å². The van der Waals surface area contributed by atoms with Gasteiger partial charge in [-0.3, -0.25) is 14.4 Å². The molecule has 0 heterocycles. The quantitative estimate of drug-likeness (QED) is 0.638. The molecule has 2 rings (SSSR count). The molecule has 0 aliphatic rings. The van der Waals surface area contributed by atoms with Crippen LogP contribution in [0.25, 0.3) is 0 Å². The Balaban J connectivity index is 2.15. The molecule has 0 aliphatic carbocycles. The molecule has 3 amide bonds. The van der Waals surface area contributed by atoms with Crippen molar-refractivity contribution in [3.05, 3.63) is 59.7 Å². The number of rotatable bonds is 8. The standard InChI is InChI=1S/C22H27N3O4/c1-5-23-20(26)15-9-8-10-16(13-15)24-22(28)19(14(2)3)25-21(27)17-11-6-7-12-18(17)29-4/h6-14,19H,5H2,1-4H3,(H,23,26)(H,24,28)(H,25,27)/t19-/m0/s1. The molecule has 0 fully saturated rings. The van der Waals surface area contributed by atoms with Gasteiger partial charge < -0.3 is 20.7 Å². The summed E-state index contributed by atoms with van der Waals surface area (Å²) in [7, 11) is 1.49. The second kappa shape index (κ2) is 10.3. The predicted octanol–water partition coefficient (Wildman–Crippen LogP) is 2.84. The van der Waals surface area contributed by atoms with Crippen LogP contribution in [0.15, 0.2) is 48.5 Å². The summed E-state index contributed by atoms with van der Waals surface area (Å²) in [5.41, 5.74) is 1.28. The van der Waals surface area contributed by atoms with Crippen molar-refractivity contribution in [2.45, 2.75) is 26.8 Å². The van der Waals surface area contributed by atoms with Crippen LogP contribution in [0.4, 0.5) is 5.69 Å². The largest absolute Gasteiger partial charge is 0.496 e. The van der Waals surface area contributed by atoms with Gasteiger partial charge in [0.1, 0.15) is 11.8 Å². The van der Waals surface area contributed by atoms with Crippen LogP contribution in [0.5, 0.6) is 5.75 Å². The van der Waals surface area contributed by atoms with E-state index in [2.05, 4.69) is 16.0 Å². The summed E-state index contributed by atoms with van der Waals surface area (Å²) in [5, 5.41) is 8.27. The van der Waals surface area contributed by atoms with Crippen LogP contribution >= 0.6 is 0 Å². The van der Waals surface area contributed by atoms with E-state index in [0.29, 0.717) is 29.1 Å². The second-order valence-electron chi connectivity index (χ2n) is 6.82. The number of carbonyl (C=O) groups is 3. The smallest absolute Gasteiger partial charge is 0.255 e. The summed E-state index contributed by atoms with van der Waals surface area (Å²) in [6, 6.07) is 12.7. The first-order chi connectivity index (χ1) is 13.9. The molecule has 29 heavy (non-hydrogen) atoms. The molecule has 2 aromatic rings. The van der Waals surface area contributed by atoms with Crippen LogP contribution in [0.2, 0.25) is 0 Å². The molecule has 0 saturated carbocycles. The summed E-state index contributed by atoms with van der Waals surface area (Å²) in [6.07, 6.45) is 0. The number of methoxy groups -OCH3 is 1. The van der Waals surface area contributed by atoms with Crippen LogP contribution < -0.4 is 20.7 Å². The van der Waals surface area contributed by atoms with Gasteiger partial charge in [0.25, 0.3) is 11.8 Å². The minimum Gasteiger partial charge on any atom is -0.496 e. The zero-order valence-corrected chi connectivity index (χ0v) is 17.1. The lowest BCUT2D eigenvalue weighted by atomic mass is 10.0. The van der Waals surface area contributed by atoms with Crippen LogP contribution in [0.1, 0.15) is 41.5 Å². The molecular weight excluding hydrogens is 370 g/mol. The molecule has 7 nitrogen and oxygen atoms in total. The topological polar surface area (TPSA) is 96.5 Å². The fourth-order valence-corrected chi connectivity index (χ4v) is 2.81. The molecule has 0 unspecified atom stereocenters. The Labute approximate surface area is 170 Å². The van der Waals surface area contributed by atoms with E-state index < -0.39 is 11.9 Å². The third-order valence-electron chi connectivity index (χ3n) is 4.32. The Kier molecular flexibility index (Phi) is 7.77. The molecule has 154 valence electrons. The van der Waals surface area contributed by atoms with Gasteiger partial charge in [-0.2, -0.15) is 0 Å². The fraction of sp³-hybridized carbons (Fsp3) is 0.318. The lowest BCUT2D eigenvalue weighted by Crippen LogP contribution is -2.47. The van der Waals surface area contributed by atoms with Crippen molar-refractivity contribution in [3.8, 4) is 5.75 Å². The van der Waals surface area contributed by atoms with Crippen molar-refractivity contribution in [3.63, 3.8) is 0 Å². The van der Waals surface area contributed by atoms with E-state index in [0.717, 1.165) is 0 Å². The zero-order chi connectivity index (χ0) is 21.4. The first-order valence-electron chi connectivity index (χ1n) is 9.50. The highest BCUT2D eigenvalue weighted by Gasteiger charge is 2.26. The molecule has 0 spiro atoms. The van der Waals surface area contributed by atoms with Crippen molar-refractivity contribution in [1.29, 1.82) is 0 Å². The summed E-state index contributed by atoms with van der Waals surface area (Å²) in [6.45, 7) is 6.04. The number of amides is 3. The van der Waals surface area contributed by atoms with Gasteiger partial charge in [0.05, 0.1) is 12.7 Å². The maximum atomic E-state index is 12.8. The van der Waals surface area contributed by atoms with Crippen molar-refractivity contribution in [1.82, 2.24) is 10.6 Å². The minimum absolute atomic E-state index is 0.153. The molecule has 0 aliphatic heterocycles. The normalized spacial score (nSPS) is 11.5. The van der Waals surface area contributed by atoms with Gasteiger partial charge in [0.2, 0.25) is 5.91 Å². The molecule has 0 saturated heterocycles. The van der Waals surface area contributed by atoms with E-state index in [1.165, 1.54) is 7.11 Å². The Morgan fingerprint density at radius 1 is 1.00 bits per heavy atom. The number of hydrogen-bond acceptors (Lipinski definition) is 4. The van der Waals surface area contributed by atoms with Gasteiger partial charge in [0.15, 0.2) is 0 Å². The minimum atomic E-state index is -0.763. The monoisotopic (exact) mass is 397 g/mol. The maximum absolute atomic E-state index is 12.8. The summed E-state index contributed by atoms with van der Waals surface area (Å²) in [5.74, 6) is -0.695. The van der Waals surface area contributed by atoms with E-state index in [4.69, 9.17) is 4.74 Å². The average Bonchev–Trinajstić information content (AvgIpc) is 2.71. The van der Waals surface area contributed by atoms with Gasteiger partial charge in [-0.25, -0.2) is 0 Å². The van der Waals surface area contributed by atoms with E-state index >= 15 is 0 Å². The lowest BCUT2D eigenvalue weighted by molar-refractivity contribution is -0.118.